The summed E-state index contributed by atoms with van der Waals surface area (Å²) in [6.07, 6.45) is 10.7. The Morgan fingerprint density at radius 1 is 1.15 bits per heavy atom. The van der Waals surface area contributed by atoms with Crippen LogP contribution in [0.2, 0.25) is 0 Å². The summed E-state index contributed by atoms with van der Waals surface area (Å²) >= 11 is 0. The van der Waals surface area contributed by atoms with E-state index in [0.717, 1.165) is 39.2 Å². The average Bonchev–Trinajstić information content (AvgIpc) is 2.79. The molecule has 0 bridgehead atoms. The smallest absolute Gasteiger partial charge is 0.155 e. The van der Waals surface area contributed by atoms with E-state index in [2.05, 4.69) is 25.6 Å². The predicted molar refractivity (Wildman–Crippen MR) is 141 cm³/mol. The Bertz CT molecular complexity index is 1270. The summed E-state index contributed by atoms with van der Waals surface area (Å²) < 4.78 is 0. The molecule has 3 heterocycles. The van der Waals surface area contributed by atoms with Crippen molar-refractivity contribution < 1.29 is 0 Å². The van der Waals surface area contributed by atoms with Crippen molar-refractivity contribution in [2.24, 2.45) is 22.4 Å². The summed E-state index contributed by atoms with van der Waals surface area (Å²) in [6, 6.07) is 5.57. The van der Waals surface area contributed by atoms with Crippen molar-refractivity contribution in [3.63, 3.8) is 0 Å². The van der Waals surface area contributed by atoms with Gasteiger partial charge in [0.25, 0.3) is 0 Å². The van der Waals surface area contributed by atoms with Crippen molar-refractivity contribution in [1.29, 1.82) is 5.41 Å². The Morgan fingerprint density at radius 3 is 2.47 bits per heavy atom. The lowest BCUT2D eigenvalue weighted by Gasteiger charge is -2.17. The first-order chi connectivity index (χ1) is 16.2. The molecule has 34 heavy (non-hydrogen) atoms. The Labute approximate surface area is 200 Å². The van der Waals surface area contributed by atoms with E-state index in [1.165, 1.54) is 6.21 Å². The predicted octanol–water partition coefficient (Wildman–Crippen LogP) is 4.03. The lowest BCUT2D eigenvalue weighted by molar-refractivity contribution is 0.806. The molecule has 0 saturated carbocycles. The van der Waals surface area contributed by atoms with E-state index in [0.29, 0.717) is 22.9 Å². The van der Waals surface area contributed by atoms with Crippen LogP contribution in [0.25, 0.3) is 16.6 Å². The van der Waals surface area contributed by atoms with E-state index >= 15 is 0 Å². The fourth-order valence-corrected chi connectivity index (χ4v) is 3.58. The molecule has 3 rings (SSSR count). The van der Waals surface area contributed by atoms with Crippen LogP contribution in [0.15, 0.2) is 82.1 Å². The van der Waals surface area contributed by atoms with Crippen LogP contribution in [0, 0.1) is 11.3 Å². The summed E-state index contributed by atoms with van der Waals surface area (Å²) in [6.45, 7) is 8.01. The van der Waals surface area contributed by atoms with Gasteiger partial charge in [0.1, 0.15) is 5.84 Å². The molecule has 2 aromatic heterocycles. The number of fused-ring (bicyclic) bond motifs is 1. The molecular weight excluding hydrogens is 424 g/mol. The van der Waals surface area contributed by atoms with E-state index in [4.69, 9.17) is 16.9 Å². The van der Waals surface area contributed by atoms with Crippen molar-refractivity contribution in [2.45, 2.75) is 27.7 Å². The molecule has 0 aliphatic carbocycles. The molecule has 2 aromatic rings. The Kier molecular flexibility index (Phi) is 7.63. The number of nitrogens with zero attached hydrogens (tertiary/aromatic N) is 3. The molecule has 1 aliphatic rings. The molecule has 0 aromatic carbocycles. The zero-order valence-corrected chi connectivity index (χ0v) is 20.3. The maximum absolute atomic E-state index is 7.54. The van der Waals surface area contributed by atoms with Crippen LogP contribution in [0.3, 0.4) is 0 Å². The molecule has 8 nitrogen and oxygen atoms in total. The first-order valence-corrected chi connectivity index (χ1v) is 11.1. The van der Waals surface area contributed by atoms with Gasteiger partial charge in [-0.15, -0.1) is 0 Å². The fourth-order valence-electron chi connectivity index (χ4n) is 3.58. The Hall–Kier alpha value is -4.20. The highest BCUT2D eigenvalue weighted by atomic mass is 15.0. The largest absolute Gasteiger partial charge is 0.398 e. The normalized spacial score (nSPS) is 15.1. The third-order valence-corrected chi connectivity index (χ3v) is 5.25. The minimum Gasteiger partial charge on any atom is -0.398 e. The topological polar surface area (TPSA) is 138 Å². The van der Waals surface area contributed by atoms with E-state index in [1.54, 1.807) is 18.3 Å². The van der Waals surface area contributed by atoms with Crippen molar-refractivity contribution in [1.82, 2.24) is 20.6 Å². The van der Waals surface area contributed by atoms with Crippen LogP contribution in [0.4, 0.5) is 5.82 Å². The van der Waals surface area contributed by atoms with Gasteiger partial charge in [0.15, 0.2) is 5.82 Å². The van der Waals surface area contributed by atoms with Crippen molar-refractivity contribution >= 4 is 34.5 Å². The molecule has 0 fully saturated rings. The number of nitrogens with two attached hydrogens (primary N) is 2. The van der Waals surface area contributed by atoms with Gasteiger partial charge in [0.2, 0.25) is 0 Å². The number of nitrogens with one attached hydrogen (secondary N) is 3. The first kappa shape index (κ1) is 24.4. The second-order valence-electron chi connectivity index (χ2n) is 8.41. The number of hydrogen-bond acceptors (Lipinski definition) is 7. The number of rotatable bonds is 7. The molecule has 0 unspecified atom stereocenters. The van der Waals surface area contributed by atoms with Gasteiger partial charge in [0.05, 0.1) is 11.0 Å². The first-order valence-electron chi connectivity index (χ1n) is 11.1. The SMILES string of the molecule is CN/C=C(\C(N)=C1C=C(C)NC(C)=C1)c1cnc2ccc(N=C(N)C=C(C=N)C(C)C)nc2c1. The molecule has 0 amide bonds. The van der Waals surface area contributed by atoms with Gasteiger partial charge < -0.3 is 27.5 Å². The third-order valence-electron chi connectivity index (χ3n) is 5.25. The lowest BCUT2D eigenvalue weighted by atomic mass is 9.98. The number of allylic oxidation sites excluding steroid dienone is 7. The monoisotopic (exact) mass is 456 g/mol. The second kappa shape index (κ2) is 10.6. The van der Waals surface area contributed by atoms with Crippen LogP contribution >= 0.6 is 0 Å². The summed E-state index contributed by atoms with van der Waals surface area (Å²) in [7, 11) is 1.83. The van der Waals surface area contributed by atoms with E-state index < -0.39 is 0 Å². The van der Waals surface area contributed by atoms with Gasteiger partial charge in [-0.25, -0.2) is 9.98 Å². The number of hydrogen-bond donors (Lipinski definition) is 5. The zero-order valence-electron chi connectivity index (χ0n) is 20.3. The van der Waals surface area contributed by atoms with Crippen LogP contribution in [-0.4, -0.2) is 29.1 Å². The zero-order chi connectivity index (χ0) is 24.8. The lowest BCUT2D eigenvalue weighted by Crippen LogP contribution is -2.15. The van der Waals surface area contributed by atoms with Crippen LogP contribution in [-0.2, 0) is 0 Å². The fraction of sp³-hybridized carbons (Fsp3) is 0.231. The number of pyridine rings is 2. The Morgan fingerprint density at radius 2 is 1.85 bits per heavy atom. The number of amidine groups is 1. The van der Waals surface area contributed by atoms with Crippen LogP contribution in [0.5, 0.6) is 0 Å². The third kappa shape index (κ3) is 5.78. The van der Waals surface area contributed by atoms with Crippen LogP contribution < -0.4 is 22.1 Å². The summed E-state index contributed by atoms with van der Waals surface area (Å²) in [5, 5.41) is 13.9. The van der Waals surface area contributed by atoms with Crippen molar-refractivity contribution in [3.8, 4) is 0 Å². The number of aliphatic imine (C=N–C) groups is 1. The summed E-state index contributed by atoms with van der Waals surface area (Å²) in [4.78, 5) is 13.6. The van der Waals surface area contributed by atoms with Gasteiger partial charge in [0, 0.05) is 59.5 Å². The Balaban J connectivity index is 2.05. The van der Waals surface area contributed by atoms with Crippen LogP contribution in [0.1, 0.15) is 33.3 Å². The van der Waals surface area contributed by atoms with Gasteiger partial charge in [-0.2, -0.15) is 0 Å². The molecule has 7 N–H and O–H groups in total. The maximum Gasteiger partial charge on any atom is 0.155 e. The summed E-state index contributed by atoms with van der Waals surface area (Å²) in [5.41, 5.74) is 20.1. The molecule has 176 valence electrons. The second-order valence-corrected chi connectivity index (χ2v) is 8.41. The highest BCUT2D eigenvalue weighted by Gasteiger charge is 2.13. The standard InChI is InChI=1S/C26H32N8/c1-15(2)19(12-27)11-24(28)34-25-7-6-22-23(33-25)10-20(13-31-22)21(14-30-5)26(29)18-8-16(3)32-17(4)9-18/h6-15,27,30,32H,29H2,1-5H3,(H2,28,33,34)/b19-11?,21-14-,27-12?. The highest BCUT2D eigenvalue weighted by Crippen LogP contribution is 2.27. The minimum absolute atomic E-state index is 0.178. The minimum atomic E-state index is 0.178. The van der Waals surface area contributed by atoms with E-state index in [1.807, 2.05) is 65.2 Å². The van der Waals surface area contributed by atoms with Gasteiger partial charge in [-0.3, -0.25) is 4.98 Å². The molecule has 0 saturated heterocycles. The molecule has 0 atom stereocenters. The van der Waals surface area contributed by atoms with Gasteiger partial charge >= 0.3 is 0 Å². The maximum atomic E-state index is 7.54. The molecule has 0 radical (unpaired) electrons. The average molecular weight is 457 g/mol. The van der Waals surface area contributed by atoms with Gasteiger partial charge in [-0.1, -0.05) is 13.8 Å². The van der Waals surface area contributed by atoms with Crippen molar-refractivity contribution in [2.75, 3.05) is 7.05 Å². The molecular formula is C26H32N8. The van der Waals surface area contributed by atoms with Gasteiger partial charge in [-0.05, 0) is 61.8 Å². The van der Waals surface area contributed by atoms with Crippen molar-refractivity contribution in [3.05, 3.63) is 82.6 Å². The molecule has 8 heteroatoms. The molecule has 0 spiro atoms. The summed E-state index contributed by atoms with van der Waals surface area (Å²) in [5.74, 6) is 0.939. The van der Waals surface area contributed by atoms with E-state index in [-0.39, 0.29) is 5.92 Å². The van der Waals surface area contributed by atoms with E-state index in [9.17, 15) is 0 Å². The number of dihydropyridines is 1. The molecule has 1 aliphatic heterocycles. The quantitative estimate of drug-likeness (QED) is 0.315. The number of aromatic nitrogens is 2. The highest BCUT2D eigenvalue weighted by molar-refractivity contribution is 5.98.